The fourth-order valence-electron chi connectivity index (χ4n) is 4.19. The lowest BCUT2D eigenvalue weighted by Crippen LogP contribution is -2.42. The van der Waals surface area contributed by atoms with Crippen LogP contribution in [0.3, 0.4) is 0 Å². The lowest BCUT2D eigenvalue weighted by Gasteiger charge is -2.33. The Bertz CT molecular complexity index is 293. The highest BCUT2D eigenvalue weighted by atomic mass is 16.6. The summed E-state index contributed by atoms with van der Waals surface area (Å²) in [5.74, 6) is 0. The molecule has 1 unspecified atom stereocenters. The Labute approximate surface area is 117 Å². The standard InChI is InChI=1S/C16H29NO2/c17-15(7-4-5-8-15)13-18-12-14-6-11-16(19-14)9-2-1-3-10-16/h14H,1-13,17H2. The Balaban J connectivity index is 1.39. The lowest BCUT2D eigenvalue weighted by molar-refractivity contribution is -0.0912. The first-order valence-corrected chi connectivity index (χ1v) is 8.24. The SMILES string of the molecule is NC1(COCC2CCC3(CCCCC3)O2)CCCC1. The average molecular weight is 267 g/mol. The van der Waals surface area contributed by atoms with E-state index < -0.39 is 0 Å². The van der Waals surface area contributed by atoms with E-state index in [4.69, 9.17) is 15.2 Å². The summed E-state index contributed by atoms with van der Waals surface area (Å²) in [7, 11) is 0. The first-order chi connectivity index (χ1) is 9.20. The summed E-state index contributed by atoms with van der Waals surface area (Å²) in [6, 6.07) is 0. The van der Waals surface area contributed by atoms with Crippen molar-refractivity contribution in [2.24, 2.45) is 5.73 Å². The molecule has 2 N–H and O–H groups in total. The Hall–Kier alpha value is -0.120. The zero-order valence-corrected chi connectivity index (χ0v) is 12.2. The summed E-state index contributed by atoms with van der Waals surface area (Å²) >= 11 is 0. The highest BCUT2D eigenvalue weighted by Gasteiger charge is 2.41. The van der Waals surface area contributed by atoms with Crippen molar-refractivity contribution in [1.29, 1.82) is 0 Å². The van der Waals surface area contributed by atoms with Crippen molar-refractivity contribution in [3.8, 4) is 0 Å². The Morgan fingerprint density at radius 3 is 2.37 bits per heavy atom. The molecule has 19 heavy (non-hydrogen) atoms. The molecule has 1 aliphatic heterocycles. The monoisotopic (exact) mass is 267 g/mol. The van der Waals surface area contributed by atoms with Gasteiger partial charge in [-0.1, -0.05) is 32.1 Å². The molecule has 3 heteroatoms. The van der Waals surface area contributed by atoms with Gasteiger partial charge in [-0.2, -0.15) is 0 Å². The van der Waals surface area contributed by atoms with Gasteiger partial charge in [0.1, 0.15) is 0 Å². The second kappa shape index (κ2) is 5.71. The van der Waals surface area contributed by atoms with Crippen LogP contribution in [0.1, 0.15) is 70.6 Å². The quantitative estimate of drug-likeness (QED) is 0.851. The molecular formula is C16H29NO2. The van der Waals surface area contributed by atoms with Gasteiger partial charge in [0, 0.05) is 5.54 Å². The minimum absolute atomic E-state index is 0.0405. The summed E-state index contributed by atoms with van der Waals surface area (Å²) in [5, 5.41) is 0. The van der Waals surface area contributed by atoms with Crippen LogP contribution in [0.25, 0.3) is 0 Å². The molecule has 2 saturated carbocycles. The number of hydrogen-bond donors (Lipinski definition) is 1. The fraction of sp³-hybridized carbons (Fsp3) is 1.00. The zero-order valence-electron chi connectivity index (χ0n) is 12.2. The van der Waals surface area contributed by atoms with Crippen molar-refractivity contribution in [3.05, 3.63) is 0 Å². The van der Waals surface area contributed by atoms with Crippen molar-refractivity contribution in [2.75, 3.05) is 13.2 Å². The van der Waals surface area contributed by atoms with Gasteiger partial charge in [-0.25, -0.2) is 0 Å². The molecule has 0 amide bonds. The van der Waals surface area contributed by atoms with E-state index in [0.29, 0.717) is 6.10 Å². The highest BCUT2D eigenvalue weighted by molar-refractivity contribution is 4.92. The predicted molar refractivity (Wildman–Crippen MR) is 76.1 cm³/mol. The van der Waals surface area contributed by atoms with Crippen LogP contribution in [0, 0.1) is 0 Å². The maximum Gasteiger partial charge on any atom is 0.0817 e. The van der Waals surface area contributed by atoms with Crippen LogP contribution in [0.5, 0.6) is 0 Å². The van der Waals surface area contributed by atoms with Gasteiger partial charge >= 0.3 is 0 Å². The lowest BCUT2D eigenvalue weighted by atomic mass is 9.83. The molecule has 3 aliphatic rings. The molecule has 0 radical (unpaired) electrons. The third kappa shape index (κ3) is 3.32. The van der Waals surface area contributed by atoms with Crippen molar-refractivity contribution in [1.82, 2.24) is 0 Å². The number of nitrogens with two attached hydrogens (primary N) is 1. The third-order valence-electron chi connectivity index (χ3n) is 5.40. The van der Waals surface area contributed by atoms with Gasteiger partial charge < -0.3 is 15.2 Å². The van der Waals surface area contributed by atoms with Gasteiger partial charge in [0.2, 0.25) is 0 Å². The van der Waals surface area contributed by atoms with Crippen molar-refractivity contribution < 1.29 is 9.47 Å². The maximum atomic E-state index is 6.32. The topological polar surface area (TPSA) is 44.5 Å². The first kappa shape index (κ1) is 13.8. The normalized spacial score (nSPS) is 33.0. The molecule has 0 aromatic carbocycles. The second-order valence-electron chi connectivity index (χ2n) is 7.11. The van der Waals surface area contributed by atoms with Gasteiger partial charge in [0.25, 0.3) is 0 Å². The largest absolute Gasteiger partial charge is 0.377 e. The Kier molecular flexibility index (Phi) is 4.16. The molecule has 1 spiro atoms. The van der Waals surface area contributed by atoms with E-state index in [2.05, 4.69) is 0 Å². The molecule has 1 heterocycles. The van der Waals surface area contributed by atoms with Gasteiger partial charge in [0.05, 0.1) is 24.9 Å². The van der Waals surface area contributed by atoms with E-state index in [-0.39, 0.29) is 11.1 Å². The molecule has 0 aromatic rings. The molecule has 3 nitrogen and oxygen atoms in total. The average Bonchev–Trinajstić information content (AvgIpc) is 2.99. The fourth-order valence-corrected chi connectivity index (χ4v) is 4.19. The molecule has 1 atom stereocenters. The van der Waals surface area contributed by atoms with Crippen molar-refractivity contribution in [3.63, 3.8) is 0 Å². The van der Waals surface area contributed by atoms with E-state index >= 15 is 0 Å². The van der Waals surface area contributed by atoms with E-state index in [9.17, 15) is 0 Å². The van der Waals surface area contributed by atoms with Crippen LogP contribution in [-0.2, 0) is 9.47 Å². The highest BCUT2D eigenvalue weighted by Crippen LogP contribution is 2.42. The van der Waals surface area contributed by atoms with E-state index in [1.54, 1.807) is 0 Å². The number of hydrogen-bond acceptors (Lipinski definition) is 3. The summed E-state index contributed by atoms with van der Waals surface area (Å²) in [5.41, 5.74) is 6.50. The van der Waals surface area contributed by atoms with Crippen LogP contribution in [0.2, 0.25) is 0 Å². The van der Waals surface area contributed by atoms with E-state index in [1.807, 2.05) is 0 Å². The number of ether oxygens (including phenoxy) is 2. The third-order valence-corrected chi connectivity index (χ3v) is 5.40. The molecule has 3 rings (SSSR count). The van der Waals surface area contributed by atoms with Gasteiger partial charge in [-0.05, 0) is 38.5 Å². The summed E-state index contributed by atoms with van der Waals surface area (Å²) in [6.45, 7) is 1.47. The molecule has 0 aromatic heterocycles. The van der Waals surface area contributed by atoms with Crippen LogP contribution < -0.4 is 5.73 Å². The molecule has 3 fully saturated rings. The molecule has 110 valence electrons. The smallest absolute Gasteiger partial charge is 0.0817 e. The van der Waals surface area contributed by atoms with Crippen LogP contribution >= 0.6 is 0 Å². The second-order valence-corrected chi connectivity index (χ2v) is 7.11. The van der Waals surface area contributed by atoms with Gasteiger partial charge in [-0.15, -0.1) is 0 Å². The van der Waals surface area contributed by atoms with Crippen molar-refractivity contribution >= 4 is 0 Å². The molecule has 2 aliphatic carbocycles. The minimum Gasteiger partial charge on any atom is -0.377 e. The summed E-state index contributed by atoms with van der Waals surface area (Å²) in [6.07, 6.45) is 14.2. The van der Waals surface area contributed by atoms with Crippen LogP contribution in [0.15, 0.2) is 0 Å². The van der Waals surface area contributed by atoms with E-state index in [1.165, 1.54) is 57.8 Å². The minimum atomic E-state index is -0.0405. The van der Waals surface area contributed by atoms with Gasteiger partial charge in [-0.3, -0.25) is 0 Å². The van der Waals surface area contributed by atoms with Gasteiger partial charge in [0.15, 0.2) is 0 Å². The van der Waals surface area contributed by atoms with Crippen LogP contribution in [-0.4, -0.2) is 30.5 Å². The van der Waals surface area contributed by atoms with Crippen LogP contribution in [0.4, 0.5) is 0 Å². The molecule has 1 saturated heterocycles. The molecule has 0 bridgehead atoms. The number of rotatable bonds is 4. The van der Waals surface area contributed by atoms with Crippen molar-refractivity contribution in [2.45, 2.75) is 87.9 Å². The Morgan fingerprint density at radius 2 is 1.63 bits per heavy atom. The summed E-state index contributed by atoms with van der Waals surface area (Å²) in [4.78, 5) is 0. The first-order valence-electron chi connectivity index (χ1n) is 8.24. The Morgan fingerprint density at radius 1 is 0.947 bits per heavy atom. The zero-order chi connectivity index (χ0) is 13.2. The summed E-state index contributed by atoms with van der Waals surface area (Å²) < 4.78 is 12.2. The predicted octanol–water partition coefficient (Wildman–Crippen LogP) is 3.16. The maximum absolute atomic E-state index is 6.32. The molecular weight excluding hydrogens is 238 g/mol. The van der Waals surface area contributed by atoms with E-state index in [0.717, 1.165) is 26.1 Å².